The van der Waals surface area contributed by atoms with Gasteiger partial charge in [-0.25, -0.2) is 0 Å². The standard InChI is InChI=1S/C63H47N/c1-62(2)57-25-12-10-22-53(57)55-24-15-23-51(61(55)62)45-32-37-50(38-33-45)64(60-27-14-18-44-28-29-46(40-56(44)60)42-16-6-4-7-17-42)49-35-30-43(31-36-49)47-34-39-54-52-21-11-13-26-58(52)63(3,59(54)41-47)48-19-8-5-9-20-48/h4-41H,1-3H3. The van der Waals surface area contributed by atoms with Crippen LogP contribution in [0.3, 0.4) is 0 Å². The second kappa shape index (κ2) is 14.7. The molecule has 0 spiro atoms. The smallest absolute Gasteiger partial charge is 0.0540 e. The maximum atomic E-state index is 2.44. The molecule has 1 atom stereocenters. The Bertz CT molecular complexity index is 3400. The van der Waals surface area contributed by atoms with E-state index in [9.17, 15) is 0 Å². The summed E-state index contributed by atoms with van der Waals surface area (Å²) < 4.78 is 0. The zero-order valence-corrected chi connectivity index (χ0v) is 36.4. The van der Waals surface area contributed by atoms with E-state index in [1.54, 1.807) is 0 Å². The van der Waals surface area contributed by atoms with E-state index in [0.717, 1.165) is 17.1 Å². The summed E-state index contributed by atoms with van der Waals surface area (Å²) in [5.74, 6) is 0. The molecule has 304 valence electrons. The molecule has 0 N–H and O–H groups in total. The van der Waals surface area contributed by atoms with E-state index < -0.39 is 0 Å². The molecule has 0 aromatic heterocycles. The first-order chi connectivity index (χ1) is 31.4. The van der Waals surface area contributed by atoms with Crippen LogP contribution in [0.15, 0.2) is 231 Å². The first-order valence-electron chi connectivity index (χ1n) is 22.5. The Morgan fingerprint density at radius 1 is 0.328 bits per heavy atom. The molecule has 0 saturated heterocycles. The Balaban J connectivity index is 0.975. The number of anilines is 3. The fourth-order valence-corrected chi connectivity index (χ4v) is 11.1. The van der Waals surface area contributed by atoms with Crippen LogP contribution in [-0.2, 0) is 10.8 Å². The van der Waals surface area contributed by atoms with Crippen LogP contribution in [0.5, 0.6) is 0 Å². The molecule has 0 bridgehead atoms. The van der Waals surface area contributed by atoms with Gasteiger partial charge in [0.2, 0.25) is 0 Å². The number of nitrogens with zero attached hydrogens (tertiary/aromatic N) is 1. The summed E-state index contributed by atoms with van der Waals surface area (Å²) in [7, 11) is 0. The van der Waals surface area contributed by atoms with Crippen molar-refractivity contribution in [3.63, 3.8) is 0 Å². The minimum atomic E-state index is -0.251. The van der Waals surface area contributed by atoms with Crippen molar-refractivity contribution in [2.75, 3.05) is 4.90 Å². The number of rotatable bonds is 7. The van der Waals surface area contributed by atoms with Crippen LogP contribution in [0.2, 0.25) is 0 Å². The van der Waals surface area contributed by atoms with Gasteiger partial charge in [-0.15, -0.1) is 0 Å². The molecule has 0 radical (unpaired) electrons. The molecule has 12 rings (SSSR count). The molecule has 1 heteroatoms. The highest BCUT2D eigenvalue weighted by Gasteiger charge is 2.41. The van der Waals surface area contributed by atoms with Crippen LogP contribution in [0.25, 0.3) is 66.4 Å². The third-order valence-electron chi connectivity index (χ3n) is 14.3. The van der Waals surface area contributed by atoms with Gasteiger partial charge in [-0.3, -0.25) is 0 Å². The highest BCUT2D eigenvalue weighted by molar-refractivity contribution is 6.01. The van der Waals surface area contributed by atoms with Gasteiger partial charge in [-0.2, -0.15) is 0 Å². The summed E-state index contributed by atoms with van der Waals surface area (Å²) in [5, 5.41) is 2.41. The number of benzene rings is 10. The lowest BCUT2D eigenvalue weighted by atomic mass is 9.74. The van der Waals surface area contributed by atoms with Gasteiger partial charge >= 0.3 is 0 Å². The summed E-state index contributed by atoms with van der Waals surface area (Å²) in [6.07, 6.45) is 0. The van der Waals surface area contributed by atoms with Gasteiger partial charge in [0.05, 0.1) is 5.69 Å². The van der Waals surface area contributed by atoms with Crippen LogP contribution in [0.4, 0.5) is 17.1 Å². The first-order valence-corrected chi connectivity index (χ1v) is 22.5. The lowest BCUT2D eigenvalue weighted by molar-refractivity contribution is 0.662. The molecule has 10 aromatic carbocycles. The molecule has 2 aliphatic carbocycles. The lowest BCUT2D eigenvalue weighted by Crippen LogP contribution is -2.22. The predicted octanol–water partition coefficient (Wildman–Crippen LogP) is 17.0. The van der Waals surface area contributed by atoms with Crippen LogP contribution in [-0.4, -0.2) is 0 Å². The van der Waals surface area contributed by atoms with E-state index in [4.69, 9.17) is 0 Å². The molecule has 1 nitrogen and oxygen atoms in total. The Morgan fingerprint density at radius 3 is 1.58 bits per heavy atom. The largest absolute Gasteiger partial charge is 0.310 e. The van der Waals surface area contributed by atoms with Gasteiger partial charge in [0.25, 0.3) is 0 Å². The monoisotopic (exact) mass is 817 g/mol. The van der Waals surface area contributed by atoms with Crippen LogP contribution < -0.4 is 4.90 Å². The van der Waals surface area contributed by atoms with E-state index in [1.165, 1.54) is 94.2 Å². The third-order valence-corrected chi connectivity index (χ3v) is 14.3. The van der Waals surface area contributed by atoms with Gasteiger partial charge in [-0.1, -0.05) is 202 Å². The van der Waals surface area contributed by atoms with Crippen LogP contribution >= 0.6 is 0 Å². The average Bonchev–Trinajstić information content (AvgIpc) is 3.76. The van der Waals surface area contributed by atoms with E-state index in [2.05, 4.69) is 256 Å². The molecule has 1 unspecified atom stereocenters. The average molecular weight is 818 g/mol. The Kier molecular flexibility index (Phi) is 8.71. The van der Waals surface area contributed by atoms with Crippen molar-refractivity contribution in [3.05, 3.63) is 258 Å². The highest BCUT2D eigenvalue weighted by Crippen LogP contribution is 2.54. The van der Waals surface area contributed by atoms with E-state index in [1.807, 2.05) is 0 Å². The summed E-state index contributed by atoms with van der Waals surface area (Å²) in [6, 6.07) is 85.4. The summed E-state index contributed by atoms with van der Waals surface area (Å²) in [5.41, 5.74) is 22.5. The van der Waals surface area contributed by atoms with Crippen molar-refractivity contribution in [1.29, 1.82) is 0 Å². The van der Waals surface area contributed by atoms with Gasteiger partial charge in [0.15, 0.2) is 0 Å². The van der Waals surface area contributed by atoms with E-state index in [-0.39, 0.29) is 10.8 Å². The van der Waals surface area contributed by atoms with E-state index in [0.29, 0.717) is 0 Å². The SMILES string of the molecule is CC1(C)c2ccccc2-c2cccc(-c3ccc(N(c4ccc(-c5ccc6c(c5)C(C)(c5ccccc5)c5ccccc5-6)cc4)c4cccc5ccc(-c6ccccc6)cc45)cc3)c21. The Labute approximate surface area is 376 Å². The molecule has 0 aliphatic heterocycles. The van der Waals surface area contributed by atoms with Crippen molar-refractivity contribution in [3.8, 4) is 55.6 Å². The minimum absolute atomic E-state index is 0.0998. The van der Waals surface area contributed by atoms with Gasteiger partial charge in [0.1, 0.15) is 0 Å². The van der Waals surface area contributed by atoms with Gasteiger partial charge in [-0.05, 0) is 138 Å². The predicted molar refractivity (Wildman–Crippen MR) is 270 cm³/mol. The van der Waals surface area contributed by atoms with Crippen molar-refractivity contribution < 1.29 is 0 Å². The van der Waals surface area contributed by atoms with Gasteiger partial charge in [0, 0.05) is 27.6 Å². The molecule has 2 aliphatic rings. The first kappa shape index (κ1) is 38.0. The Morgan fingerprint density at radius 2 is 0.844 bits per heavy atom. The van der Waals surface area contributed by atoms with E-state index >= 15 is 0 Å². The number of fused-ring (bicyclic) bond motifs is 7. The minimum Gasteiger partial charge on any atom is -0.310 e. The molecule has 0 amide bonds. The number of hydrogen-bond acceptors (Lipinski definition) is 1. The van der Waals surface area contributed by atoms with Crippen LogP contribution in [0, 0.1) is 0 Å². The molecule has 0 heterocycles. The Hall–Kier alpha value is -7.74. The second-order valence-electron chi connectivity index (χ2n) is 18.2. The third kappa shape index (κ3) is 5.85. The molecule has 64 heavy (non-hydrogen) atoms. The zero-order chi connectivity index (χ0) is 43.0. The fourth-order valence-electron chi connectivity index (χ4n) is 11.1. The summed E-state index contributed by atoms with van der Waals surface area (Å²) >= 11 is 0. The molecule has 0 saturated carbocycles. The molecular formula is C63H47N. The van der Waals surface area contributed by atoms with Crippen LogP contribution in [0.1, 0.15) is 48.6 Å². The zero-order valence-electron chi connectivity index (χ0n) is 36.4. The maximum Gasteiger partial charge on any atom is 0.0540 e. The quantitative estimate of drug-likeness (QED) is 0.155. The van der Waals surface area contributed by atoms with Crippen molar-refractivity contribution in [2.24, 2.45) is 0 Å². The summed E-state index contributed by atoms with van der Waals surface area (Å²) in [4.78, 5) is 2.44. The normalized spacial score (nSPS) is 15.3. The second-order valence-corrected chi connectivity index (χ2v) is 18.2. The molecule has 10 aromatic rings. The van der Waals surface area contributed by atoms with Gasteiger partial charge < -0.3 is 4.90 Å². The fraction of sp³-hybridized carbons (Fsp3) is 0.0794. The number of hydrogen-bond donors (Lipinski definition) is 0. The summed E-state index contributed by atoms with van der Waals surface area (Å²) in [6.45, 7) is 7.13. The maximum absolute atomic E-state index is 2.44. The highest BCUT2D eigenvalue weighted by atomic mass is 15.1. The topological polar surface area (TPSA) is 3.24 Å². The van der Waals surface area contributed by atoms with Crippen molar-refractivity contribution in [1.82, 2.24) is 0 Å². The molecular weight excluding hydrogens is 771 g/mol. The van der Waals surface area contributed by atoms with Crippen molar-refractivity contribution >= 4 is 27.8 Å². The molecule has 0 fully saturated rings. The van der Waals surface area contributed by atoms with Crippen molar-refractivity contribution in [2.45, 2.75) is 31.6 Å². The lowest BCUT2D eigenvalue weighted by Gasteiger charge is -2.29.